The summed E-state index contributed by atoms with van der Waals surface area (Å²) in [6.07, 6.45) is 5.11. The van der Waals surface area contributed by atoms with Crippen LogP contribution in [0.15, 0.2) is 24.4 Å². The second kappa shape index (κ2) is 7.50. The van der Waals surface area contributed by atoms with Crippen molar-refractivity contribution in [2.75, 3.05) is 37.7 Å². The third-order valence-corrected chi connectivity index (χ3v) is 7.43. The predicted octanol–water partition coefficient (Wildman–Crippen LogP) is 2.24. The Hall–Kier alpha value is -2.55. The molecule has 3 saturated heterocycles. The van der Waals surface area contributed by atoms with Gasteiger partial charge in [0.15, 0.2) is 5.82 Å². The topological polar surface area (TPSA) is 88.3 Å². The number of aromatic nitrogens is 4. The Kier molecular flexibility index (Phi) is 4.71. The standard InChI is InChI=1S/C24H30N6O2/c1-15-7-18-11-26-30(21(18)8-20(15)17-3-5-25-6-4-17)23-9-22(27-16(2)28-23)29-13-24(14-31)10-19(29)12-32-24/h7-9,11,17,19,25,31H,3-6,10,12-14H2,1-2H3/t19-,24-/m1/s1. The molecule has 3 aliphatic rings. The molecule has 2 aromatic heterocycles. The van der Waals surface area contributed by atoms with Gasteiger partial charge in [0.2, 0.25) is 0 Å². The van der Waals surface area contributed by atoms with Gasteiger partial charge in [-0.1, -0.05) is 0 Å². The number of aliphatic hydroxyl groups excluding tert-OH is 1. The van der Waals surface area contributed by atoms with Crippen LogP contribution in [-0.2, 0) is 4.74 Å². The van der Waals surface area contributed by atoms with Gasteiger partial charge in [0, 0.05) is 17.9 Å². The Bertz CT molecular complexity index is 1170. The van der Waals surface area contributed by atoms with Gasteiger partial charge >= 0.3 is 0 Å². The molecule has 3 aromatic rings. The number of benzene rings is 1. The van der Waals surface area contributed by atoms with E-state index in [2.05, 4.69) is 29.3 Å². The number of fused-ring (bicyclic) bond motifs is 3. The smallest absolute Gasteiger partial charge is 0.159 e. The van der Waals surface area contributed by atoms with Crippen LogP contribution in [0.3, 0.4) is 0 Å². The molecule has 32 heavy (non-hydrogen) atoms. The molecule has 3 aliphatic heterocycles. The van der Waals surface area contributed by atoms with Gasteiger partial charge in [0.25, 0.3) is 0 Å². The summed E-state index contributed by atoms with van der Waals surface area (Å²) >= 11 is 0. The molecule has 8 heteroatoms. The van der Waals surface area contributed by atoms with Crippen molar-refractivity contribution in [3.63, 3.8) is 0 Å². The fourth-order valence-corrected chi connectivity index (χ4v) is 5.75. The molecule has 3 fully saturated rings. The molecule has 0 radical (unpaired) electrons. The highest BCUT2D eigenvalue weighted by molar-refractivity contribution is 5.82. The van der Waals surface area contributed by atoms with Gasteiger partial charge < -0.3 is 20.1 Å². The molecule has 0 amide bonds. The average Bonchev–Trinajstić information content (AvgIpc) is 3.52. The highest BCUT2D eigenvalue weighted by Crippen LogP contribution is 2.40. The van der Waals surface area contributed by atoms with Gasteiger partial charge in [0.05, 0.1) is 37.5 Å². The minimum absolute atomic E-state index is 0.0412. The van der Waals surface area contributed by atoms with Crippen LogP contribution in [0, 0.1) is 13.8 Å². The number of aryl methyl sites for hydroxylation is 2. The molecule has 0 aliphatic carbocycles. The molecule has 8 nitrogen and oxygen atoms in total. The van der Waals surface area contributed by atoms with Gasteiger partial charge in [-0.3, -0.25) is 0 Å². The summed E-state index contributed by atoms with van der Waals surface area (Å²) in [5.41, 5.74) is 3.39. The van der Waals surface area contributed by atoms with E-state index in [9.17, 15) is 5.11 Å². The maximum Gasteiger partial charge on any atom is 0.159 e. The number of hydrogen-bond acceptors (Lipinski definition) is 7. The first-order valence-electron chi connectivity index (χ1n) is 11.6. The van der Waals surface area contributed by atoms with Crippen LogP contribution in [0.1, 0.15) is 42.1 Å². The molecule has 0 unspecified atom stereocenters. The summed E-state index contributed by atoms with van der Waals surface area (Å²) in [5, 5.41) is 19.1. The normalized spacial score (nSPS) is 25.8. The fourth-order valence-electron chi connectivity index (χ4n) is 5.75. The van der Waals surface area contributed by atoms with Gasteiger partial charge in [-0.05, 0) is 69.0 Å². The van der Waals surface area contributed by atoms with E-state index in [4.69, 9.17) is 19.8 Å². The third kappa shape index (κ3) is 3.20. The van der Waals surface area contributed by atoms with Crippen molar-refractivity contribution in [1.82, 2.24) is 25.1 Å². The first-order chi connectivity index (χ1) is 15.5. The summed E-state index contributed by atoms with van der Waals surface area (Å²) < 4.78 is 7.80. The molecule has 2 atom stereocenters. The van der Waals surface area contributed by atoms with Crippen molar-refractivity contribution in [2.45, 2.75) is 50.7 Å². The van der Waals surface area contributed by atoms with Crippen LogP contribution >= 0.6 is 0 Å². The van der Waals surface area contributed by atoms with Gasteiger partial charge in [0.1, 0.15) is 17.2 Å². The third-order valence-electron chi connectivity index (χ3n) is 7.43. The monoisotopic (exact) mass is 434 g/mol. The molecular weight excluding hydrogens is 404 g/mol. The minimum atomic E-state index is -0.455. The number of piperidine rings is 1. The van der Waals surface area contributed by atoms with Crippen molar-refractivity contribution in [3.05, 3.63) is 41.3 Å². The number of rotatable bonds is 4. The van der Waals surface area contributed by atoms with Gasteiger partial charge in [-0.2, -0.15) is 5.10 Å². The van der Waals surface area contributed by atoms with E-state index >= 15 is 0 Å². The molecule has 6 rings (SSSR count). The quantitative estimate of drug-likeness (QED) is 0.651. The summed E-state index contributed by atoms with van der Waals surface area (Å²) in [7, 11) is 0. The zero-order valence-corrected chi connectivity index (χ0v) is 18.7. The Labute approximate surface area is 187 Å². The van der Waals surface area contributed by atoms with Crippen molar-refractivity contribution < 1.29 is 9.84 Å². The summed E-state index contributed by atoms with van der Waals surface area (Å²) in [5.74, 6) is 2.96. The summed E-state index contributed by atoms with van der Waals surface area (Å²) in [6, 6.07) is 6.84. The minimum Gasteiger partial charge on any atom is -0.393 e. The molecule has 0 spiro atoms. The highest BCUT2D eigenvalue weighted by Gasteiger charge is 2.51. The number of nitrogens with one attached hydrogen (secondary N) is 1. The SMILES string of the molecule is Cc1nc(N2C[C@@]3(CO)C[C@@H]2CO3)cc(-n2ncc3cc(C)c(C4CCNCC4)cc32)n1. The van der Waals surface area contributed by atoms with Crippen LogP contribution in [0.25, 0.3) is 16.7 Å². The molecule has 1 aromatic carbocycles. The molecule has 2 bridgehead atoms. The zero-order chi connectivity index (χ0) is 21.9. The van der Waals surface area contributed by atoms with E-state index in [1.807, 2.05) is 23.9 Å². The molecule has 0 saturated carbocycles. The molecule has 2 N–H and O–H groups in total. The van der Waals surface area contributed by atoms with E-state index < -0.39 is 5.60 Å². The highest BCUT2D eigenvalue weighted by atomic mass is 16.5. The Morgan fingerprint density at radius 3 is 2.75 bits per heavy atom. The lowest BCUT2D eigenvalue weighted by molar-refractivity contribution is -0.0375. The lowest BCUT2D eigenvalue weighted by atomic mass is 9.87. The first kappa shape index (κ1) is 20.1. The van der Waals surface area contributed by atoms with E-state index in [0.29, 0.717) is 24.9 Å². The van der Waals surface area contributed by atoms with Crippen LogP contribution in [-0.4, -0.2) is 69.3 Å². The Morgan fingerprint density at radius 2 is 1.97 bits per heavy atom. The maximum absolute atomic E-state index is 9.84. The van der Waals surface area contributed by atoms with Crippen LogP contribution in [0.4, 0.5) is 5.82 Å². The fraction of sp³-hybridized carbons (Fsp3) is 0.542. The number of anilines is 1. The second-order valence-corrected chi connectivity index (χ2v) is 9.62. The van der Waals surface area contributed by atoms with Crippen LogP contribution in [0.2, 0.25) is 0 Å². The largest absolute Gasteiger partial charge is 0.393 e. The van der Waals surface area contributed by atoms with E-state index in [-0.39, 0.29) is 12.6 Å². The predicted molar refractivity (Wildman–Crippen MR) is 122 cm³/mol. The second-order valence-electron chi connectivity index (χ2n) is 9.62. The van der Waals surface area contributed by atoms with E-state index in [0.717, 1.165) is 42.0 Å². The summed E-state index contributed by atoms with van der Waals surface area (Å²) in [4.78, 5) is 11.7. The van der Waals surface area contributed by atoms with Crippen molar-refractivity contribution in [2.24, 2.45) is 0 Å². The number of ether oxygens (including phenoxy) is 1. The number of morpholine rings is 1. The average molecular weight is 435 g/mol. The molecular formula is C24H30N6O2. The molecule has 168 valence electrons. The summed E-state index contributed by atoms with van der Waals surface area (Å²) in [6.45, 7) is 7.61. The van der Waals surface area contributed by atoms with Crippen LogP contribution < -0.4 is 10.2 Å². The lowest BCUT2D eigenvalue weighted by Crippen LogP contribution is -2.45. The lowest BCUT2D eigenvalue weighted by Gasteiger charge is -2.32. The first-order valence-corrected chi connectivity index (χ1v) is 11.6. The maximum atomic E-state index is 9.84. The zero-order valence-electron chi connectivity index (χ0n) is 18.7. The van der Waals surface area contributed by atoms with Crippen molar-refractivity contribution >= 4 is 16.7 Å². The Balaban J connectivity index is 1.40. The van der Waals surface area contributed by atoms with Crippen LogP contribution in [0.5, 0.6) is 0 Å². The van der Waals surface area contributed by atoms with Crippen molar-refractivity contribution in [1.29, 1.82) is 0 Å². The van der Waals surface area contributed by atoms with Crippen molar-refractivity contribution in [3.8, 4) is 5.82 Å². The van der Waals surface area contributed by atoms with Gasteiger partial charge in [-0.15, -0.1) is 0 Å². The number of hydrogen-bond donors (Lipinski definition) is 2. The molecule has 5 heterocycles. The number of nitrogens with zero attached hydrogens (tertiary/aromatic N) is 5. The Morgan fingerprint density at radius 1 is 1.16 bits per heavy atom. The van der Waals surface area contributed by atoms with Gasteiger partial charge in [-0.25, -0.2) is 14.6 Å². The number of aliphatic hydroxyl groups is 1. The van der Waals surface area contributed by atoms with E-state index in [1.54, 1.807) is 0 Å². The van der Waals surface area contributed by atoms with E-state index in [1.165, 1.54) is 24.0 Å².